The van der Waals surface area contributed by atoms with Gasteiger partial charge in [-0.25, -0.2) is 4.79 Å². The Morgan fingerprint density at radius 2 is 1.80 bits per heavy atom. The molecule has 2 aromatic carbocycles. The van der Waals surface area contributed by atoms with Gasteiger partial charge in [0.2, 0.25) is 24.4 Å². The molecule has 3 heterocycles. The van der Waals surface area contributed by atoms with Gasteiger partial charge in [-0.3, -0.25) is 9.69 Å². The molecule has 6 rings (SSSR count). The lowest BCUT2D eigenvalue weighted by molar-refractivity contribution is -0.140. The van der Waals surface area contributed by atoms with Crippen LogP contribution in [0.1, 0.15) is 37.1 Å². The normalized spacial score (nSPS) is 21.4. The van der Waals surface area contributed by atoms with E-state index < -0.39 is 0 Å². The molecule has 1 saturated heterocycles. The van der Waals surface area contributed by atoms with Crippen molar-refractivity contribution in [2.45, 2.75) is 44.7 Å². The van der Waals surface area contributed by atoms with Gasteiger partial charge in [-0.1, -0.05) is 48.3 Å². The Bertz CT molecular complexity index is 1240. The lowest BCUT2D eigenvalue weighted by Gasteiger charge is -2.46. The number of rotatable bonds is 6. The molecular formula is C26H26N4O5. The number of carbonyl (C=O) groups is 2. The average molecular weight is 475 g/mol. The molecule has 0 radical (unpaired) electrons. The SMILES string of the molecule is O=C1C2CCCCC2N(Cc2nc(-c3ccc4c(c3)OCO4)no2)C(=O)N1CCc1ccccc1. The Morgan fingerprint density at radius 3 is 2.69 bits per heavy atom. The van der Waals surface area contributed by atoms with Crippen LogP contribution in [0, 0.1) is 5.92 Å². The van der Waals surface area contributed by atoms with E-state index in [1.54, 1.807) is 4.90 Å². The lowest BCUT2D eigenvalue weighted by atomic mass is 9.81. The van der Waals surface area contributed by atoms with E-state index in [0.29, 0.717) is 36.2 Å². The summed E-state index contributed by atoms with van der Waals surface area (Å²) in [6.07, 6.45) is 4.21. The zero-order valence-corrected chi connectivity index (χ0v) is 19.3. The first-order chi connectivity index (χ1) is 17.2. The minimum absolute atomic E-state index is 0.0570. The first-order valence-electron chi connectivity index (χ1n) is 12.1. The molecule has 0 bridgehead atoms. The minimum Gasteiger partial charge on any atom is -0.454 e. The summed E-state index contributed by atoms with van der Waals surface area (Å²) in [7, 11) is 0. The molecule has 1 aliphatic carbocycles. The van der Waals surface area contributed by atoms with Crippen molar-refractivity contribution in [2.75, 3.05) is 13.3 Å². The quantitative estimate of drug-likeness (QED) is 0.532. The number of benzene rings is 2. The molecule has 2 unspecified atom stereocenters. The fourth-order valence-electron chi connectivity index (χ4n) is 5.26. The maximum atomic E-state index is 13.5. The molecular weight excluding hydrogens is 448 g/mol. The van der Waals surface area contributed by atoms with Crippen LogP contribution >= 0.6 is 0 Å². The molecule has 9 nitrogen and oxygen atoms in total. The number of hydrogen-bond acceptors (Lipinski definition) is 7. The van der Waals surface area contributed by atoms with E-state index in [4.69, 9.17) is 14.0 Å². The zero-order valence-electron chi connectivity index (χ0n) is 19.3. The maximum absolute atomic E-state index is 13.5. The second-order valence-electron chi connectivity index (χ2n) is 9.17. The minimum atomic E-state index is -0.281. The first kappa shape index (κ1) is 21.6. The van der Waals surface area contributed by atoms with Crippen molar-refractivity contribution in [2.24, 2.45) is 5.92 Å². The predicted molar refractivity (Wildman–Crippen MR) is 124 cm³/mol. The highest BCUT2D eigenvalue weighted by Gasteiger charge is 2.47. The van der Waals surface area contributed by atoms with Crippen LogP contribution in [0.3, 0.4) is 0 Å². The van der Waals surface area contributed by atoms with E-state index in [1.807, 2.05) is 48.5 Å². The van der Waals surface area contributed by atoms with E-state index in [2.05, 4.69) is 10.1 Å². The number of carbonyl (C=O) groups excluding carboxylic acids is 2. The van der Waals surface area contributed by atoms with E-state index in [0.717, 1.165) is 36.8 Å². The van der Waals surface area contributed by atoms with Gasteiger partial charge in [-0.2, -0.15) is 4.98 Å². The highest BCUT2D eigenvalue weighted by atomic mass is 16.7. The van der Waals surface area contributed by atoms with Gasteiger partial charge in [0, 0.05) is 18.2 Å². The summed E-state index contributed by atoms with van der Waals surface area (Å²) in [5.74, 6) is 1.83. The van der Waals surface area contributed by atoms with E-state index in [9.17, 15) is 9.59 Å². The Kier molecular flexibility index (Phi) is 5.60. The molecule has 2 aliphatic heterocycles. The second kappa shape index (κ2) is 9.05. The van der Waals surface area contributed by atoms with Crippen LogP contribution in [0.25, 0.3) is 11.4 Å². The van der Waals surface area contributed by atoms with Crippen LogP contribution in [-0.4, -0.2) is 51.3 Å². The molecule has 3 aromatic rings. The summed E-state index contributed by atoms with van der Waals surface area (Å²) >= 11 is 0. The summed E-state index contributed by atoms with van der Waals surface area (Å²) in [6, 6.07) is 14.9. The summed E-state index contributed by atoms with van der Waals surface area (Å²) in [5.41, 5.74) is 1.83. The molecule has 0 N–H and O–H groups in total. The molecule has 9 heteroatoms. The second-order valence-corrected chi connectivity index (χ2v) is 9.17. The summed E-state index contributed by atoms with van der Waals surface area (Å²) < 4.78 is 16.3. The van der Waals surface area contributed by atoms with Crippen molar-refractivity contribution >= 4 is 11.9 Å². The van der Waals surface area contributed by atoms with Gasteiger partial charge in [0.05, 0.1) is 5.92 Å². The van der Waals surface area contributed by atoms with Crippen molar-refractivity contribution in [1.82, 2.24) is 19.9 Å². The molecule has 1 saturated carbocycles. The Labute approximate surface area is 202 Å². The molecule has 2 fully saturated rings. The van der Waals surface area contributed by atoms with Gasteiger partial charge in [-0.15, -0.1) is 0 Å². The standard InChI is InChI=1S/C26H26N4O5/c31-25-19-8-4-5-9-20(19)30(26(32)29(25)13-12-17-6-2-1-3-7-17)15-23-27-24(28-35-23)18-10-11-21-22(14-18)34-16-33-21/h1-3,6-7,10-11,14,19-20H,4-5,8-9,12-13,15-16H2. The van der Waals surface area contributed by atoms with Gasteiger partial charge >= 0.3 is 6.03 Å². The van der Waals surface area contributed by atoms with E-state index in [1.165, 1.54) is 4.90 Å². The number of amides is 3. The molecule has 3 aliphatic rings. The fraction of sp³-hybridized carbons (Fsp3) is 0.385. The van der Waals surface area contributed by atoms with Crippen LogP contribution in [-0.2, 0) is 17.8 Å². The third-order valence-electron chi connectivity index (χ3n) is 7.06. The van der Waals surface area contributed by atoms with Gasteiger partial charge in [-0.05, 0) is 43.0 Å². The average Bonchev–Trinajstić information content (AvgIpc) is 3.56. The van der Waals surface area contributed by atoms with Crippen LogP contribution in [0.5, 0.6) is 11.5 Å². The van der Waals surface area contributed by atoms with Gasteiger partial charge in [0.1, 0.15) is 6.54 Å². The van der Waals surface area contributed by atoms with Crippen molar-refractivity contribution < 1.29 is 23.6 Å². The number of ether oxygens (including phenoxy) is 2. The molecule has 180 valence electrons. The number of imide groups is 1. The summed E-state index contributed by atoms with van der Waals surface area (Å²) in [4.78, 5) is 34.5. The maximum Gasteiger partial charge on any atom is 0.327 e. The number of fused-ring (bicyclic) bond motifs is 2. The van der Waals surface area contributed by atoms with Crippen molar-refractivity contribution in [3.05, 3.63) is 60.0 Å². The number of urea groups is 1. The third kappa shape index (κ3) is 4.11. The highest BCUT2D eigenvalue weighted by molar-refractivity contribution is 5.98. The Hall–Kier alpha value is -3.88. The first-order valence-corrected chi connectivity index (χ1v) is 12.1. The Balaban J connectivity index is 1.22. The molecule has 1 aromatic heterocycles. The molecule has 2 atom stereocenters. The van der Waals surface area contributed by atoms with Crippen LogP contribution in [0.15, 0.2) is 53.1 Å². The van der Waals surface area contributed by atoms with E-state index >= 15 is 0 Å². The largest absolute Gasteiger partial charge is 0.454 e. The van der Waals surface area contributed by atoms with Crippen molar-refractivity contribution in [3.63, 3.8) is 0 Å². The number of nitrogens with zero attached hydrogens (tertiary/aromatic N) is 4. The molecule has 0 spiro atoms. The summed E-state index contributed by atoms with van der Waals surface area (Å²) in [6.45, 7) is 0.718. The highest BCUT2D eigenvalue weighted by Crippen LogP contribution is 2.37. The summed E-state index contributed by atoms with van der Waals surface area (Å²) in [5, 5.41) is 4.12. The van der Waals surface area contributed by atoms with Crippen molar-refractivity contribution in [3.8, 4) is 22.9 Å². The van der Waals surface area contributed by atoms with Crippen LogP contribution < -0.4 is 9.47 Å². The van der Waals surface area contributed by atoms with E-state index in [-0.39, 0.29) is 37.2 Å². The van der Waals surface area contributed by atoms with Crippen LogP contribution in [0.2, 0.25) is 0 Å². The van der Waals surface area contributed by atoms with Crippen molar-refractivity contribution in [1.29, 1.82) is 0 Å². The number of aromatic nitrogens is 2. The molecule has 35 heavy (non-hydrogen) atoms. The van der Waals surface area contributed by atoms with Gasteiger partial charge in [0.25, 0.3) is 0 Å². The van der Waals surface area contributed by atoms with Gasteiger partial charge in [0.15, 0.2) is 11.5 Å². The monoisotopic (exact) mass is 474 g/mol. The molecule has 3 amide bonds. The Morgan fingerprint density at radius 1 is 0.971 bits per heavy atom. The number of hydrogen-bond donors (Lipinski definition) is 0. The van der Waals surface area contributed by atoms with Gasteiger partial charge < -0.3 is 18.9 Å². The van der Waals surface area contributed by atoms with Crippen LogP contribution in [0.4, 0.5) is 4.79 Å². The topological polar surface area (TPSA) is 98.0 Å². The lowest BCUT2D eigenvalue weighted by Crippen LogP contribution is -2.62. The predicted octanol–water partition coefficient (Wildman–Crippen LogP) is 4.03. The third-order valence-corrected chi connectivity index (χ3v) is 7.06. The smallest absolute Gasteiger partial charge is 0.327 e. The zero-order chi connectivity index (χ0) is 23.8. The fourth-order valence-corrected chi connectivity index (χ4v) is 5.26.